The highest BCUT2D eigenvalue weighted by atomic mass is 15.0. The Morgan fingerprint density at radius 2 is 0.397 bits per heavy atom. The molecule has 8 nitrogen and oxygen atoms in total. The maximum absolute atomic E-state index is 7.89. The van der Waals surface area contributed by atoms with Gasteiger partial charge in [0.25, 0.3) is 0 Å². The molecule has 2 aromatic heterocycles. The molecule has 0 unspecified atom stereocenters. The zero-order chi connectivity index (χ0) is 77.0. The molecule has 8 heteroatoms. The maximum atomic E-state index is 7.89. The van der Waals surface area contributed by atoms with Crippen LogP contribution in [0.3, 0.4) is 0 Å². The smallest absolute Gasteiger partial charge is 0.187 e. The highest BCUT2D eigenvalue weighted by molar-refractivity contribution is 6.00. The first-order valence-corrected chi connectivity index (χ1v) is 39.0. The van der Waals surface area contributed by atoms with E-state index < -0.39 is 10.8 Å². The van der Waals surface area contributed by atoms with Gasteiger partial charge in [-0.15, -0.1) is 0 Å². The number of aromatic nitrogens is 6. The minimum absolute atomic E-state index is 0.449. The van der Waals surface area contributed by atoms with Crippen molar-refractivity contribution in [2.24, 2.45) is 0 Å². The first kappa shape index (κ1) is 67.2. The van der Waals surface area contributed by atoms with E-state index in [1.54, 1.807) is 0 Å². The topological polar surface area (TPSA) is 86.1 Å². The third-order valence-corrected chi connectivity index (χ3v) is 23.9. The van der Waals surface area contributed by atoms with E-state index in [0.717, 1.165) is 94.2 Å². The Morgan fingerprint density at radius 1 is 0.164 bits per heavy atom. The third-order valence-electron chi connectivity index (χ3n) is 23.9. The molecule has 0 saturated heterocycles. The van der Waals surface area contributed by atoms with E-state index in [1.807, 2.05) is 48.5 Å². The zero-order valence-corrected chi connectivity index (χ0v) is 62.5. The van der Waals surface area contributed by atoms with Crippen molar-refractivity contribution in [1.29, 1.82) is 0 Å². The van der Waals surface area contributed by atoms with Gasteiger partial charge in [-0.3, -0.25) is 0 Å². The molecule has 0 N–H and O–H groups in total. The van der Waals surface area contributed by atoms with Crippen molar-refractivity contribution in [1.82, 2.24) is 29.9 Å². The van der Waals surface area contributed by atoms with Crippen LogP contribution in [0.1, 0.15) is 44.5 Å². The van der Waals surface area contributed by atoms with Crippen molar-refractivity contribution in [3.63, 3.8) is 0 Å². The van der Waals surface area contributed by atoms with Gasteiger partial charge in [0.1, 0.15) is 0 Å². The molecule has 4 aliphatic carbocycles. The first-order valence-electron chi connectivity index (χ1n) is 39.0. The molecule has 0 aliphatic heterocycles. The van der Waals surface area contributed by atoms with Crippen molar-refractivity contribution in [2.75, 3.05) is 0 Å². The van der Waals surface area contributed by atoms with Gasteiger partial charge in [0.05, 0.1) is 24.0 Å². The Balaban J connectivity index is 0.000000141. The molecule has 116 heavy (non-hydrogen) atoms. The van der Waals surface area contributed by atoms with Crippen molar-refractivity contribution < 1.29 is 0 Å². The SMILES string of the molecule is [C-]#[N+]c1ccc2c(c1)-c1cc(-c3ccc(-c4nc(-c5ccc6ccccc6c5)nc(-c5ccc6ccccc6c5)n4)cc3)ccc1C21c2ccccc2-c2ccccc21.[C-]#[N+]c1ccc2c(c1)-c1cc(-c3ccc(-c4nc(-c5ccccc5)nc(-c5ccc(-c6ccccc6)cc5)n4)cc3)ccc1C21c2ccccc2-c2ccccc21. The van der Waals surface area contributed by atoms with Crippen molar-refractivity contribution in [3.05, 3.63) is 456 Å². The molecule has 0 bridgehead atoms. The zero-order valence-electron chi connectivity index (χ0n) is 62.5. The predicted octanol–water partition coefficient (Wildman–Crippen LogP) is 26.8. The molecular weight excluding hydrogens is 1410 g/mol. The van der Waals surface area contributed by atoms with Gasteiger partial charge >= 0.3 is 0 Å². The summed E-state index contributed by atoms with van der Waals surface area (Å²) in [7, 11) is 0. The molecule has 0 radical (unpaired) electrons. The minimum atomic E-state index is -0.453. The van der Waals surface area contributed by atoms with Crippen LogP contribution >= 0.6 is 0 Å². The summed E-state index contributed by atoms with van der Waals surface area (Å²) in [6, 6.07) is 137. The van der Waals surface area contributed by atoms with Crippen LogP contribution in [0.25, 0.3) is 177 Å². The second kappa shape index (κ2) is 27.0. The second-order valence-corrected chi connectivity index (χ2v) is 30.1. The lowest BCUT2D eigenvalue weighted by Crippen LogP contribution is -2.25. The minimum Gasteiger partial charge on any atom is -0.238 e. The molecule has 0 fully saturated rings. The van der Waals surface area contributed by atoms with Crippen molar-refractivity contribution in [3.8, 4) is 146 Å². The van der Waals surface area contributed by atoms with E-state index in [-0.39, 0.29) is 0 Å². The fraction of sp³-hybridized carbons (Fsp3) is 0.0185. The Bertz CT molecular complexity index is 7150. The molecule has 0 atom stereocenters. The van der Waals surface area contributed by atoms with Gasteiger partial charge in [0.2, 0.25) is 0 Å². The quantitative estimate of drug-likeness (QED) is 0.134. The van der Waals surface area contributed by atoms with Gasteiger partial charge in [0.15, 0.2) is 46.3 Å². The number of rotatable bonds is 9. The van der Waals surface area contributed by atoms with Crippen LogP contribution in [-0.4, -0.2) is 29.9 Å². The molecule has 17 aromatic carbocycles. The second-order valence-electron chi connectivity index (χ2n) is 30.1. The average Bonchev–Trinajstić information content (AvgIpc) is 1.51. The van der Waals surface area contributed by atoms with Crippen molar-refractivity contribution >= 4 is 32.9 Å². The van der Waals surface area contributed by atoms with Crippen LogP contribution in [0.15, 0.2) is 388 Å². The summed E-state index contributed by atoms with van der Waals surface area (Å²) in [5.74, 6) is 3.76. The average molecular weight is 1470 g/mol. The Labute approximate surface area is 671 Å². The molecular formula is C108H64N8. The summed E-state index contributed by atoms with van der Waals surface area (Å²) in [4.78, 5) is 37.9. The first-order chi connectivity index (χ1) is 57.3. The van der Waals surface area contributed by atoms with E-state index in [9.17, 15) is 0 Å². The van der Waals surface area contributed by atoms with Crippen LogP contribution in [0.2, 0.25) is 0 Å². The largest absolute Gasteiger partial charge is 0.238 e. The number of benzene rings is 17. The summed E-state index contributed by atoms with van der Waals surface area (Å²) in [6.07, 6.45) is 0. The van der Waals surface area contributed by atoms with Crippen LogP contribution in [-0.2, 0) is 10.8 Å². The molecule has 4 aliphatic rings. The number of fused-ring (bicyclic) bond motifs is 22. The molecule has 536 valence electrons. The molecule has 19 aromatic rings. The maximum Gasteiger partial charge on any atom is 0.187 e. The summed E-state index contributed by atoms with van der Waals surface area (Å²) in [6.45, 7) is 15.8. The van der Waals surface area contributed by atoms with Gasteiger partial charge in [-0.1, -0.05) is 352 Å². The summed E-state index contributed by atoms with van der Waals surface area (Å²) < 4.78 is 0. The van der Waals surface area contributed by atoms with Gasteiger partial charge in [-0.2, -0.15) is 0 Å². The van der Waals surface area contributed by atoms with E-state index in [1.165, 1.54) is 83.1 Å². The highest BCUT2D eigenvalue weighted by Crippen LogP contribution is 2.65. The van der Waals surface area contributed by atoms with Gasteiger partial charge in [-0.25, -0.2) is 39.6 Å². The molecule has 23 rings (SSSR count). The number of hydrogen-bond acceptors (Lipinski definition) is 6. The molecule has 0 amide bonds. The van der Waals surface area contributed by atoms with E-state index >= 15 is 0 Å². The fourth-order valence-electron chi connectivity index (χ4n) is 18.6. The van der Waals surface area contributed by atoms with E-state index in [2.05, 4.69) is 349 Å². The molecule has 0 saturated carbocycles. The summed E-state index contributed by atoms with van der Waals surface area (Å²) >= 11 is 0. The Morgan fingerprint density at radius 3 is 0.750 bits per heavy atom. The van der Waals surface area contributed by atoms with Gasteiger partial charge in [0, 0.05) is 33.4 Å². The standard InChI is InChI=1S/C55H32N4.C53H32N4/c1-56-43-27-29-51-47(33-43)46-32-40(26-28-50(46)55(51)48-16-8-6-14-44(48)45-15-7-9-17-49(45)55)36-18-22-37(23-19-36)52-57-53(41-24-20-34-10-2-4-12-38(34)30-41)59-54(58-52)42-25-21-35-11-3-5-13-39(35)31-42;1-54-41-29-31-49-45(33-41)44-32-40(28-30-48(44)53(49)46-18-10-8-16-42(46)43-17-9-11-19-47(43)53)36-22-26-39(27-23-36)52-56-50(37-14-6-3-7-15-37)55-51(57-52)38-24-20-35(21-25-38)34-12-4-2-5-13-34/h2-33H;2-33H. The van der Waals surface area contributed by atoms with Gasteiger partial charge in [-0.05, 0) is 180 Å². The number of nitrogens with zero attached hydrogens (tertiary/aromatic N) is 8. The lowest BCUT2D eigenvalue weighted by molar-refractivity contribution is 0.794. The Kier molecular flexibility index (Phi) is 15.7. The highest BCUT2D eigenvalue weighted by Gasteiger charge is 2.53. The summed E-state index contributed by atoms with van der Waals surface area (Å²) in [5, 5.41) is 4.62. The fourth-order valence-corrected chi connectivity index (χ4v) is 18.6. The predicted molar refractivity (Wildman–Crippen MR) is 469 cm³/mol. The lowest BCUT2D eigenvalue weighted by Gasteiger charge is -2.30. The Hall–Kier alpha value is -15.7. The van der Waals surface area contributed by atoms with Crippen molar-refractivity contribution in [2.45, 2.75) is 10.8 Å². The summed E-state index contributed by atoms with van der Waals surface area (Å²) in [5.41, 5.74) is 32.4. The van der Waals surface area contributed by atoms with Crippen LogP contribution in [0, 0.1) is 13.1 Å². The normalized spacial score (nSPS) is 12.8. The lowest BCUT2D eigenvalue weighted by atomic mass is 9.70. The third kappa shape index (κ3) is 10.7. The van der Waals surface area contributed by atoms with E-state index in [0.29, 0.717) is 46.3 Å². The van der Waals surface area contributed by atoms with Gasteiger partial charge < -0.3 is 0 Å². The van der Waals surface area contributed by atoms with E-state index in [4.69, 9.17) is 43.0 Å². The number of hydrogen-bond donors (Lipinski definition) is 0. The van der Waals surface area contributed by atoms with Crippen LogP contribution in [0.5, 0.6) is 0 Å². The molecule has 2 spiro atoms. The monoisotopic (exact) mass is 1470 g/mol. The van der Waals surface area contributed by atoms with Crippen LogP contribution in [0.4, 0.5) is 11.4 Å². The van der Waals surface area contributed by atoms with Crippen LogP contribution < -0.4 is 0 Å². The molecule has 2 heterocycles.